The van der Waals surface area contributed by atoms with Crippen LogP contribution in [0.15, 0.2) is 241 Å². The molecular formula is C59H39NO. The lowest BCUT2D eigenvalue weighted by atomic mass is 9.67. The molecule has 286 valence electrons. The second kappa shape index (κ2) is 14.1. The van der Waals surface area contributed by atoms with Crippen LogP contribution in [0, 0.1) is 0 Å². The number of nitrogens with zero attached hydrogens (tertiary/aromatic N) is 1. The van der Waals surface area contributed by atoms with Crippen molar-refractivity contribution in [3.63, 3.8) is 0 Å². The van der Waals surface area contributed by atoms with Gasteiger partial charge in [0.05, 0.1) is 11.1 Å². The first-order chi connectivity index (χ1) is 30.3. The summed E-state index contributed by atoms with van der Waals surface area (Å²) in [6.45, 7) is 0. The van der Waals surface area contributed by atoms with Crippen LogP contribution >= 0.6 is 0 Å². The third-order valence-corrected chi connectivity index (χ3v) is 12.8. The highest BCUT2D eigenvalue weighted by molar-refractivity contribution is 6.19. The maximum absolute atomic E-state index is 6.73. The molecule has 0 fully saturated rings. The molecule has 1 aliphatic carbocycles. The van der Waals surface area contributed by atoms with Crippen molar-refractivity contribution in [2.75, 3.05) is 4.90 Å². The first-order valence-corrected chi connectivity index (χ1v) is 21.0. The summed E-state index contributed by atoms with van der Waals surface area (Å²) in [5.41, 5.74) is 16.7. The quantitative estimate of drug-likeness (QED) is 0.160. The first-order valence-electron chi connectivity index (χ1n) is 21.0. The lowest BCUT2D eigenvalue weighted by Gasteiger charge is -2.35. The third-order valence-electron chi connectivity index (χ3n) is 12.8. The SMILES string of the molecule is c1ccc(-c2ccc(N(c3ccc4c(c3)C(c3ccccc3)(c3ccccc3)c3ccccc3-4)c3ccccc3-c3cccc4oc5c6ccccc6ccc5c34)cc2)cc1. The van der Waals surface area contributed by atoms with Crippen LogP contribution in [0.1, 0.15) is 22.3 Å². The molecule has 0 atom stereocenters. The smallest absolute Gasteiger partial charge is 0.143 e. The van der Waals surface area contributed by atoms with E-state index >= 15 is 0 Å². The molecule has 0 unspecified atom stereocenters. The van der Waals surface area contributed by atoms with Crippen molar-refractivity contribution in [2.45, 2.75) is 5.41 Å². The lowest BCUT2D eigenvalue weighted by Crippen LogP contribution is -2.28. The highest BCUT2D eigenvalue weighted by Crippen LogP contribution is 2.57. The van der Waals surface area contributed by atoms with Crippen LogP contribution in [0.2, 0.25) is 0 Å². The van der Waals surface area contributed by atoms with E-state index in [2.05, 4.69) is 241 Å². The molecule has 2 nitrogen and oxygen atoms in total. The summed E-state index contributed by atoms with van der Waals surface area (Å²) < 4.78 is 6.73. The third kappa shape index (κ3) is 5.43. The summed E-state index contributed by atoms with van der Waals surface area (Å²) in [5, 5.41) is 4.52. The van der Waals surface area contributed by atoms with Gasteiger partial charge in [-0.2, -0.15) is 0 Å². The number of hydrogen-bond donors (Lipinski definition) is 0. The van der Waals surface area contributed by atoms with Gasteiger partial charge in [-0.05, 0) is 97.9 Å². The summed E-state index contributed by atoms with van der Waals surface area (Å²) in [7, 11) is 0. The van der Waals surface area contributed by atoms with E-state index in [1.807, 2.05) is 0 Å². The fourth-order valence-electron chi connectivity index (χ4n) is 10.1. The average Bonchev–Trinajstić information content (AvgIpc) is 3.87. The van der Waals surface area contributed by atoms with E-state index in [-0.39, 0.29) is 0 Å². The number of hydrogen-bond acceptors (Lipinski definition) is 2. The monoisotopic (exact) mass is 777 g/mol. The van der Waals surface area contributed by atoms with Crippen molar-refractivity contribution < 1.29 is 4.42 Å². The fourth-order valence-corrected chi connectivity index (χ4v) is 10.1. The zero-order chi connectivity index (χ0) is 40.3. The van der Waals surface area contributed by atoms with Crippen LogP contribution in [-0.4, -0.2) is 0 Å². The number of furan rings is 1. The van der Waals surface area contributed by atoms with E-state index in [1.54, 1.807) is 0 Å². The molecule has 1 aromatic heterocycles. The van der Waals surface area contributed by atoms with Crippen molar-refractivity contribution in [2.24, 2.45) is 0 Å². The fraction of sp³-hybridized carbons (Fsp3) is 0.0169. The average molecular weight is 778 g/mol. The summed E-state index contributed by atoms with van der Waals surface area (Å²) >= 11 is 0. The predicted molar refractivity (Wildman–Crippen MR) is 254 cm³/mol. The van der Waals surface area contributed by atoms with Crippen LogP contribution in [0.5, 0.6) is 0 Å². The molecule has 11 aromatic rings. The van der Waals surface area contributed by atoms with Gasteiger partial charge in [-0.15, -0.1) is 0 Å². The van der Waals surface area contributed by atoms with E-state index in [0.29, 0.717) is 0 Å². The van der Waals surface area contributed by atoms with Crippen LogP contribution in [-0.2, 0) is 5.41 Å². The molecule has 0 saturated heterocycles. The summed E-state index contributed by atoms with van der Waals surface area (Å²) in [4.78, 5) is 2.45. The zero-order valence-electron chi connectivity index (χ0n) is 33.4. The van der Waals surface area contributed by atoms with Gasteiger partial charge in [-0.3, -0.25) is 0 Å². The molecule has 12 rings (SSSR count). The van der Waals surface area contributed by atoms with Crippen LogP contribution in [0.4, 0.5) is 17.1 Å². The molecule has 0 radical (unpaired) electrons. The van der Waals surface area contributed by atoms with E-state index < -0.39 is 5.41 Å². The molecule has 1 heterocycles. The molecule has 61 heavy (non-hydrogen) atoms. The number of benzene rings is 10. The van der Waals surface area contributed by atoms with Gasteiger partial charge in [0.15, 0.2) is 0 Å². The van der Waals surface area contributed by atoms with Crippen LogP contribution < -0.4 is 4.90 Å². The Morgan fingerprint density at radius 3 is 1.72 bits per heavy atom. The molecule has 0 N–H and O–H groups in total. The van der Waals surface area contributed by atoms with Crippen molar-refractivity contribution in [3.8, 4) is 33.4 Å². The Labute approximate surface area is 355 Å². The topological polar surface area (TPSA) is 16.4 Å². The second-order valence-corrected chi connectivity index (χ2v) is 16.0. The van der Waals surface area contributed by atoms with Gasteiger partial charge < -0.3 is 9.32 Å². The van der Waals surface area contributed by atoms with Crippen molar-refractivity contribution in [1.82, 2.24) is 0 Å². The lowest BCUT2D eigenvalue weighted by molar-refractivity contribution is 0.673. The Morgan fingerprint density at radius 1 is 0.361 bits per heavy atom. The Bertz CT molecular complexity index is 3360. The summed E-state index contributed by atoms with van der Waals surface area (Å²) in [6.07, 6.45) is 0. The second-order valence-electron chi connectivity index (χ2n) is 16.0. The Balaban J connectivity index is 1.12. The molecule has 0 amide bonds. The van der Waals surface area contributed by atoms with Gasteiger partial charge in [-0.25, -0.2) is 0 Å². The Morgan fingerprint density at radius 2 is 0.951 bits per heavy atom. The minimum atomic E-state index is -0.531. The summed E-state index contributed by atoms with van der Waals surface area (Å²) in [5.74, 6) is 0. The molecule has 10 aromatic carbocycles. The normalized spacial score (nSPS) is 12.7. The standard InChI is InChI=1S/C59H39NO/c1-4-17-40(18-5-1)41-31-34-45(35-32-41)60(55-29-15-13-26-50(55)51-27-16-30-56-57(51)52-37-33-42-19-10-11-24-47(42)58(52)61-56)46-36-38-49-48-25-12-14-28-53(48)59(54(49)39-46,43-20-6-2-7-21-43)44-22-8-3-9-23-44/h1-39H. The van der Waals surface area contributed by atoms with Gasteiger partial charge >= 0.3 is 0 Å². The van der Waals surface area contributed by atoms with Gasteiger partial charge in [0.2, 0.25) is 0 Å². The Kier molecular flexibility index (Phi) is 8.11. The van der Waals surface area contributed by atoms with Gasteiger partial charge in [0.1, 0.15) is 11.2 Å². The minimum absolute atomic E-state index is 0.531. The summed E-state index contributed by atoms with van der Waals surface area (Å²) in [6, 6.07) is 86.0. The van der Waals surface area contributed by atoms with E-state index in [9.17, 15) is 0 Å². The van der Waals surface area contributed by atoms with Gasteiger partial charge in [0, 0.05) is 33.1 Å². The van der Waals surface area contributed by atoms with Gasteiger partial charge in [-0.1, -0.05) is 194 Å². The molecule has 0 saturated carbocycles. The van der Waals surface area contributed by atoms with E-state index in [0.717, 1.165) is 55.5 Å². The van der Waals surface area contributed by atoms with E-state index in [4.69, 9.17) is 4.42 Å². The van der Waals surface area contributed by atoms with E-state index in [1.165, 1.54) is 49.9 Å². The number of para-hydroxylation sites is 1. The highest BCUT2D eigenvalue weighted by Gasteiger charge is 2.46. The van der Waals surface area contributed by atoms with Crippen LogP contribution in [0.25, 0.3) is 66.1 Å². The first kappa shape index (κ1) is 35.0. The zero-order valence-corrected chi connectivity index (χ0v) is 33.4. The number of anilines is 3. The highest BCUT2D eigenvalue weighted by atomic mass is 16.3. The molecule has 0 spiro atoms. The largest absolute Gasteiger partial charge is 0.455 e. The van der Waals surface area contributed by atoms with Crippen molar-refractivity contribution in [1.29, 1.82) is 0 Å². The predicted octanol–water partition coefficient (Wildman–Crippen LogP) is 15.9. The molecule has 1 aliphatic rings. The molecular weight excluding hydrogens is 739 g/mol. The number of rotatable bonds is 7. The minimum Gasteiger partial charge on any atom is -0.455 e. The number of fused-ring (bicyclic) bond motifs is 8. The maximum atomic E-state index is 6.73. The molecule has 2 heteroatoms. The van der Waals surface area contributed by atoms with Gasteiger partial charge in [0.25, 0.3) is 0 Å². The Hall–Kier alpha value is -7.94. The molecule has 0 aliphatic heterocycles. The van der Waals surface area contributed by atoms with Crippen molar-refractivity contribution in [3.05, 3.63) is 259 Å². The van der Waals surface area contributed by atoms with Crippen LogP contribution in [0.3, 0.4) is 0 Å². The molecule has 0 bridgehead atoms. The maximum Gasteiger partial charge on any atom is 0.143 e. The van der Waals surface area contributed by atoms with Crippen molar-refractivity contribution >= 4 is 49.8 Å².